The molecule has 0 radical (unpaired) electrons. The van der Waals surface area contributed by atoms with Gasteiger partial charge in [-0.25, -0.2) is 4.79 Å². The summed E-state index contributed by atoms with van der Waals surface area (Å²) in [5.74, 6) is -0.928. The Morgan fingerprint density at radius 2 is 1.21 bits per heavy atom. The fourth-order valence-electron chi connectivity index (χ4n) is 2.03. The molecule has 3 rings (SSSR count). The van der Waals surface area contributed by atoms with E-state index in [1.165, 1.54) is 0 Å². The van der Waals surface area contributed by atoms with Crippen LogP contribution < -0.4 is 0 Å². The zero-order valence-electron chi connectivity index (χ0n) is 10.1. The van der Waals surface area contributed by atoms with E-state index in [4.69, 9.17) is 0 Å². The molecule has 0 bridgehead atoms. The van der Waals surface area contributed by atoms with Crippen LogP contribution in [0, 0.1) is 0 Å². The fraction of sp³-hybridized carbons (Fsp3) is 0. The third kappa shape index (κ3) is 2.15. The summed E-state index contributed by atoms with van der Waals surface area (Å²) in [6, 6.07) is 12.9. The molecule has 1 N–H and O–H groups in total. The molecule has 0 aliphatic rings. The van der Waals surface area contributed by atoms with Gasteiger partial charge in [0, 0.05) is 36.2 Å². The first-order valence-corrected chi connectivity index (χ1v) is 5.89. The molecule has 4 heteroatoms. The number of aromatic carboxylic acids is 1. The average Bonchev–Trinajstić information content (AvgIpc) is 3.11. The first kappa shape index (κ1) is 11.3. The highest BCUT2D eigenvalue weighted by atomic mass is 16.4. The largest absolute Gasteiger partial charge is 0.478 e. The minimum Gasteiger partial charge on any atom is -0.478 e. The Hall–Kier alpha value is -2.75. The number of hydrogen-bond donors (Lipinski definition) is 1. The Labute approximate surface area is 110 Å². The van der Waals surface area contributed by atoms with Gasteiger partial charge in [-0.15, -0.1) is 0 Å². The van der Waals surface area contributed by atoms with Gasteiger partial charge >= 0.3 is 5.97 Å². The van der Waals surface area contributed by atoms with E-state index >= 15 is 0 Å². The number of nitrogens with zero attached hydrogens (tertiary/aromatic N) is 2. The van der Waals surface area contributed by atoms with Crippen LogP contribution in [-0.4, -0.2) is 20.2 Å². The Morgan fingerprint density at radius 1 is 0.789 bits per heavy atom. The normalized spacial score (nSPS) is 10.5. The summed E-state index contributed by atoms with van der Waals surface area (Å²) in [7, 11) is 0. The maximum Gasteiger partial charge on any atom is 0.335 e. The SMILES string of the molecule is O=C(O)c1cc(-n2cccc2)cc(-n2cccc2)c1. The number of carbonyl (C=O) groups is 1. The van der Waals surface area contributed by atoms with E-state index in [0.29, 0.717) is 0 Å². The number of aromatic nitrogens is 2. The minimum atomic E-state index is -0.928. The van der Waals surface area contributed by atoms with E-state index in [0.717, 1.165) is 11.4 Å². The number of benzene rings is 1. The van der Waals surface area contributed by atoms with E-state index in [9.17, 15) is 9.90 Å². The van der Waals surface area contributed by atoms with Crippen LogP contribution in [0.15, 0.2) is 67.3 Å². The van der Waals surface area contributed by atoms with Crippen molar-refractivity contribution in [1.82, 2.24) is 9.13 Å². The zero-order chi connectivity index (χ0) is 13.2. The molecule has 1 aromatic carbocycles. The van der Waals surface area contributed by atoms with E-state index in [2.05, 4.69) is 0 Å². The molecule has 0 atom stereocenters. The lowest BCUT2D eigenvalue weighted by Gasteiger charge is -2.09. The van der Waals surface area contributed by atoms with E-state index in [1.807, 2.05) is 64.3 Å². The summed E-state index contributed by atoms with van der Waals surface area (Å²) in [5.41, 5.74) is 1.93. The van der Waals surface area contributed by atoms with Gasteiger partial charge < -0.3 is 14.2 Å². The lowest BCUT2D eigenvalue weighted by atomic mass is 10.1. The second kappa shape index (κ2) is 4.49. The van der Waals surface area contributed by atoms with Crippen molar-refractivity contribution < 1.29 is 9.90 Å². The molecule has 2 heterocycles. The molecule has 0 aliphatic carbocycles. The maximum atomic E-state index is 11.2. The molecule has 2 aromatic heterocycles. The molecule has 0 fully saturated rings. The van der Waals surface area contributed by atoms with Crippen molar-refractivity contribution in [1.29, 1.82) is 0 Å². The molecule has 0 unspecified atom stereocenters. The summed E-state index contributed by atoms with van der Waals surface area (Å²) in [6.45, 7) is 0. The van der Waals surface area contributed by atoms with E-state index in [-0.39, 0.29) is 5.56 Å². The van der Waals surface area contributed by atoms with Crippen molar-refractivity contribution in [3.05, 3.63) is 72.8 Å². The second-order valence-corrected chi connectivity index (χ2v) is 4.22. The van der Waals surface area contributed by atoms with Gasteiger partial charge in [0.05, 0.1) is 5.56 Å². The summed E-state index contributed by atoms with van der Waals surface area (Å²) >= 11 is 0. The topological polar surface area (TPSA) is 47.2 Å². The van der Waals surface area contributed by atoms with Crippen LogP contribution in [0.1, 0.15) is 10.4 Å². The van der Waals surface area contributed by atoms with Crippen LogP contribution >= 0.6 is 0 Å². The first-order chi connectivity index (χ1) is 9.24. The molecular formula is C15H12N2O2. The lowest BCUT2D eigenvalue weighted by molar-refractivity contribution is 0.0697. The van der Waals surface area contributed by atoms with E-state index in [1.54, 1.807) is 12.1 Å². The van der Waals surface area contributed by atoms with Crippen LogP contribution in [0.2, 0.25) is 0 Å². The third-order valence-electron chi connectivity index (χ3n) is 2.95. The van der Waals surface area contributed by atoms with Crippen LogP contribution in [0.3, 0.4) is 0 Å². The quantitative estimate of drug-likeness (QED) is 0.779. The van der Waals surface area contributed by atoms with Crippen LogP contribution in [-0.2, 0) is 0 Å². The third-order valence-corrected chi connectivity index (χ3v) is 2.95. The molecule has 94 valence electrons. The Morgan fingerprint density at radius 3 is 1.58 bits per heavy atom. The van der Waals surface area contributed by atoms with E-state index < -0.39 is 5.97 Å². The second-order valence-electron chi connectivity index (χ2n) is 4.22. The monoisotopic (exact) mass is 252 g/mol. The average molecular weight is 252 g/mol. The molecule has 0 saturated heterocycles. The van der Waals surface area contributed by atoms with Crippen molar-refractivity contribution in [2.45, 2.75) is 0 Å². The number of carboxylic acids is 1. The Bertz CT molecular complexity index is 645. The molecule has 0 aliphatic heterocycles. The highest BCUT2D eigenvalue weighted by Gasteiger charge is 2.08. The summed E-state index contributed by atoms with van der Waals surface area (Å²) in [5, 5.41) is 9.21. The highest BCUT2D eigenvalue weighted by Crippen LogP contribution is 2.18. The van der Waals surface area contributed by atoms with Gasteiger partial charge in [0.25, 0.3) is 0 Å². The molecule has 19 heavy (non-hydrogen) atoms. The van der Waals surface area contributed by atoms with Crippen molar-refractivity contribution in [2.75, 3.05) is 0 Å². The zero-order valence-corrected chi connectivity index (χ0v) is 10.1. The fourth-order valence-corrected chi connectivity index (χ4v) is 2.03. The van der Waals surface area contributed by atoms with Gasteiger partial charge in [0.2, 0.25) is 0 Å². The van der Waals surface area contributed by atoms with Gasteiger partial charge in [-0.3, -0.25) is 0 Å². The van der Waals surface area contributed by atoms with Crippen LogP contribution in [0.25, 0.3) is 11.4 Å². The molecule has 0 saturated carbocycles. The molecule has 3 aromatic rings. The summed E-state index contributed by atoms with van der Waals surface area (Å²) in [4.78, 5) is 11.2. The molecule has 4 nitrogen and oxygen atoms in total. The first-order valence-electron chi connectivity index (χ1n) is 5.89. The predicted octanol–water partition coefficient (Wildman–Crippen LogP) is 2.97. The van der Waals surface area contributed by atoms with Crippen molar-refractivity contribution in [3.63, 3.8) is 0 Å². The summed E-state index contributed by atoms with van der Waals surface area (Å²) < 4.78 is 3.78. The van der Waals surface area contributed by atoms with Crippen molar-refractivity contribution >= 4 is 5.97 Å². The van der Waals surface area contributed by atoms with Gasteiger partial charge in [-0.2, -0.15) is 0 Å². The maximum absolute atomic E-state index is 11.2. The van der Waals surface area contributed by atoms with Gasteiger partial charge in [0.1, 0.15) is 0 Å². The highest BCUT2D eigenvalue weighted by molar-refractivity contribution is 5.89. The van der Waals surface area contributed by atoms with Crippen LogP contribution in [0.5, 0.6) is 0 Å². The predicted molar refractivity (Wildman–Crippen MR) is 72.1 cm³/mol. The smallest absolute Gasteiger partial charge is 0.335 e. The summed E-state index contributed by atoms with van der Waals surface area (Å²) in [6.07, 6.45) is 7.56. The van der Waals surface area contributed by atoms with Gasteiger partial charge in [0.15, 0.2) is 0 Å². The Balaban J connectivity index is 2.18. The lowest BCUT2D eigenvalue weighted by Crippen LogP contribution is -2.02. The van der Waals surface area contributed by atoms with Crippen LogP contribution in [0.4, 0.5) is 0 Å². The standard InChI is InChI=1S/C15H12N2O2/c18-15(19)12-9-13(16-5-1-2-6-16)11-14(10-12)17-7-3-4-8-17/h1-11H,(H,18,19). The number of hydrogen-bond acceptors (Lipinski definition) is 1. The molecular weight excluding hydrogens is 240 g/mol. The molecule has 0 spiro atoms. The number of rotatable bonds is 3. The van der Waals surface area contributed by atoms with Gasteiger partial charge in [-0.1, -0.05) is 0 Å². The van der Waals surface area contributed by atoms with Crippen molar-refractivity contribution in [2.24, 2.45) is 0 Å². The molecule has 0 amide bonds. The van der Waals surface area contributed by atoms with Crippen molar-refractivity contribution in [3.8, 4) is 11.4 Å². The Kier molecular flexibility index (Phi) is 2.68. The number of carboxylic acid groups (broad SMARTS) is 1. The minimum absolute atomic E-state index is 0.273. The van der Waals surface area contributed by atoms with Gasteiger partial charge in [-0.05, 0) is 42.5 Å².